The number of hydrogen-bond acceptors (Lipinski definition) is 11. The molecule has 4 rings (SSSR count). The molecule has 4 unspecified atom stereocenters. The molecule has 15 N–H and O–H groups in total. The number of guanidine groups is 2. The Hall–Kier alpha value is -4.86. The zero-order chi connectivity index (χ0) is 40.1. The SMILES string of the molecule is NC(=O)C(CCCN=C(N)N)NC(=O)C(CCCN=C(N)N)NC(=O)CCCCCNC(=O)C1CC(O)CN1Cc1nc2c(sc3ccc(Br)cc32)c(=O)[nH]1. The van der Waals surface area contributed by atoms with Crippen LogP contribution in [0.2, 0.25) is 0 Å². The van der Waals surface area contributed by atoms with Gasteiger partial charge >= 0.3 is 0 Å². The van der Waals surface area contributed by atoms with Crippen LogP contribution in [0.1, 0.15) is 63.6 Å². The Morgan fingerprint density at radius 1 is 0.982 bits per heavy atom. The highest BCUT2D eigenvalue weighted by atomic mass is 79.9. The number of thiophene rings is 1. The van der Waals surface area contributed by atoms with E-state index in [0.29, 0.717) is 54.7 Å². The van der Waals surface area contributed by atoms with Gasteiger partial charge in [0.1, 0.15) is 22.6 Å². The van der Waals surface area contributed by atoms with Crippen LogP contribution < -0.4 is 50.2 Å². The van der Waals surface area contributed by atoms with Gasteiger partial charge < -0.3 is 54.7 Å². The number of rotatable bonds is 21. The number of nitrogens with zero attached hydrogens (tertiary/aromatic N) is 4. The molecule has 1 aliphatic heterocycles. The van der Waals surface area contributed by atoms with E-state index in [9.17, 15) is 29.1 Å². The number of β-amino-alcohol motifs (C(OH)–C–C–N with tert-alkyl or cyclic N) is 1. The minimum atomic E-state index is -0.992. The van der Waals surface area contributed by atoms with E-state index in [2.05, 4.69) is 46.8 Å². The van der Waals surface area contributed by atoms with Gasteiger partial charge in [0.25, 0.3) is 5.56 Å². The number of primary amides is 1. The van der Waals surface area contributed by atoms with Crippen molar-refractivity contribution in [2.75, 3.05) is 26.2 Å². The number of aliphatic hydroxyl groups is 1. The molecule has 1 aromatic carbocycles. The van der Waals surface area contributed by atoms with Crippen molar-refractivity contribution in [3.63, 3.8) is 0 Å². The molecule has 2 aromatic heterocycles. The van der Waals surface area contributed by atoms with E-state index in [0.717, 1.165) is 14.6 Å². The molecule has 55 heavy (non-hydrogen) atoms. The predicted octanol–water partition coefficient (Wildman–Crippen LogP) is -0.926. The highest BCUT2D eigenvalue weighted by Gasteiger charge is 2.36. The van der Waals surface area contributed by atoms with Crippen LogP contribution >= 0.6 is 27.3 Å². The highest BCUT2D eigenvalue weighted by molar-refractivity contribution is 9.10. The van der Waals surface area contributed by atoms with Gasteiger partial charge in [-0.1, -0.05) is 22.4 Å². The van der Waals surface area contributed by atoms with Gasteiger partial charge in [0, 0.05) is 47.2 Å². The van der Waals surface area contributed by atoms with E-state index in [-0.39, 0.29) is 81.2 Å². The lowest BCUT2D eigenvalue weighted by Gasteiger charge is -2.23. The van der Waals surface area contributed by atoms with E-state index in [4.69, 9.17) is 33.7 Å². The highest BCUT2D eigenvalue weighted by Crippen LogP contribution is 2.32. The number of carbonyl (C=O) groups is 4. The molecule has 0 radical (unpaired) electrons. The second-order valence-electron chi connectivity index (χ2n) is 13.4. The van der Waals surface area contributed by atoms with Crippen LogP contribution in [0, 0.1) is 0 Å². The molecular formula is C34H50BrN13O6S. The van der Waals surface area contributed by atoms with Crippen LogP contribution in [-0.2, 0) is 25.7 Å². The number of aliphatic imine (C=N–C) groups is 2. The van der Waals surface area contributed by atoms with Crippen molar-refractivity contribution in [3.05, 3.63) is 38.9 Å². The van der Waals surface area contributed by atoms with Crippen molar-refractivity contribution < 1.29 is 24.3 Å². The summed E-state index contributed by atoms with van der Waals surface area (Å²) in [6, 6.07) is 3.19. The molecule has 4 amide bonds. The molecule has 1 fully saturated rings. The Bertz CT molecular complexity index is 1940. The predicted molar refractivity (Wildman–Crippen MR) is 215 cm³/mol. The summed E-state index contributed by atoms with van der Waals surface area (Å²) in [6.45, 7) is 1.26. The lowest BCUT2D eigenvalue weighted by Crippen LogP contribution is -2.53. The number of fused-ring (bicyclic) bond motifs is 3. The summed E-state index contributed by atoms with van der Waals surface area (Å²) in [6.07, 6.45) is 2.51. The van der Waals surface area contributed by atoms with Gasteiger partial charge in [-0.05, 0) is 63.1 Å². The lowest BCUT2D eigenvalue weighted by atomic mass is 10.1. The fraction of sp³-hybridized carbons (Fsp3) is 0.529. The van der Waals surface area contributed by atoms with Gasteiger partial charge in [-0.3, -0.25) is 38.9 Å². The summed E-state index contributed by atoms with van der Waals surface area (Å²) in [7, 11) is 0. The van der Waals surface area contributed by atoms with Crippen LogP contribution in [0.25, 0.3) is 20.3 Å². The molecule has 300 valence electrons. The number of hydrogen-bond donors (Lipinski definition) is 10. The largest absolute Gasteiger partial charge is 0.392 e. The molecule has 19 nitrogen and oxygen atoms in total. The van der Waals surface area contributed by atoms with E-state index >= 15 is 0 Å². The Morgan fingerprint density at radius 2 is 1.67 bits per heavy atom. The molecule has 3 aromatic rings. The Morgan fingerprint density at radius 3 is 2.35 bits per heavy atom. The van der Waals surface area contributed by atoms with Crippen LogP contribution in [0.15, 0.2) is 37.5 Å². The summed E-state index contributed by atoms with van der Waals surface area (Å²) in [4.78, 5) is 81.3. The van der Waals surface area contributed by atoms with Crippen molar-refractivity contribution in [3.8, 4) is 0 Å². The van der Waals surface area contributed by atoms with Crippen molar-refractivity contribution in [2.24, 2.45) is 38.7 Å². The first kappa shape index (κ1) is 42.9. The molecule has 0 saturated carbocycles. The van der Waals surface area contributed by atoms with Gasteiger partial charge in [0.15, 0.2) is 11.9 Å². The number of nitrogens with two attached hydrogens (primary N) is 5. The van der Waals surface area contributed by atoms with Crippen molar-refractivity contribution in [1.82, 2.24) is 30.8 Å². The zero-order valence-electron chi connectivity index (χ0n) is 30.4. The number of halogens is 1. The third-order valence-corrected chi connectivity index (χ3v) is 10.6. The van der Waals surface area contributed by atoms with E-state index in [1.54, 1.807) is 4.90 Å². The Balaban J connectivity index is 1.24. The number of carbonyl (C=O) groups excluding carboxylic acids is 4. The summed E-state index contributed by atoms with van der Waals surface area (Å²) >= 11 is 4.85. The first-order chi connectivity index (χ1) is 26.2. The molecule has 3 heterocycles. The van der Waals surface area contributed by atoms with E-state index < -0.39 is 36.0 Å². The van der Waals surface area contributed by atoms with Crippen LogP contribution in [0.3, 0.4) is 0 Å². The minimum absolute atomic E-state index is 0.0926. The minimum Gasteiger partial charge on any atom is -0.392 e. The third-order valence-electron chi connectivity index (χ3n) is 8.95. The number of aromatic nitrogens is 2. The number of nitrogens with one attached hydrogen (secondary N) is 4. The van der Waals surface area contributed by atoms with Gasteiger partial charge in [-0.15, -0.1) is 11.3 Å². The number of H-pyrrole nitrogens is 1. The quantitative estimate of drug-likeness (QED) is 0.0353. The molecule has 0 aliphatic carbocycles. The van der Waals surface area contributed by atoms with Crippen LogP contribution in [0.4, 0.5) is 0 Å². The summed E-state index contributed by atoms with van der Waals surface area (Å²) < 4.78 is 2.34. The summed E-state index contributed by atoms with van der Waals surface area (Å²) in [5, 5.41) is 19.6. The molecule has 21 heteroatoms. The second kappa shape index (κ2) is 20.7. The van der Waals surface area contributed by atoms with Crippen LogP contribution in [0.5, 0.6) is 0 Å². The number of unbranched alkanes of at least 4 members (excludes halogenated alkanes) is 2. The van der Waals surface area contributed by atoms with Crippen molar-refractivity contribution >= 4 is 83.1 Å². The fourth-order valence-electron chi connectivity index (χ4n) is 6.28. The number of amides is 4. The first-order valence-corrected chi connectivity index (χ1v) is 19.6. The monoisotopic (exact) mass is 847 g/mol. The number of likely N-dealkylation sites (tertiary alicyclic amines) is 1. The molecule has 4 atom stereocenters. The Labute approximate surface area is 329 Å². The Kier molecular flexibility index (Phi) is 16.2. The van der Waals surface area contributed by atoms with Gasteiger partial charge in [-0.25, -0.2) is 4.98 Å². The molecule has 1 aliphatic rings. The summed E-state index contributed by atoms with van der Waals surface area (Å²) in [5.74, 6) is -1.71. The third kappa shape index (κ3) is 13.1. The maximum absolute atomic E-state index is 13.2. The topological polar surface area (TPSA) is 328 Å². The number of aliphatic hydroxyl groups excluding tert-OH is 1. The van der Waals surface area contributed by atoms with Gasteiger partial charge in [0.2, 0.25) is 23.6 Å². The maximum atomic E-state index is 13.2. The first-order valence-electron chi connectivity index (χ1n) is 18.0. The summed E-state index contributed by atoms with van der Waals surface area (Å²) in [5.41, 5.74) is 27.3. The smallest absolute Gasteiger partial charge is 0.268 e. The number of aromatic amines is 1. The van der Waals surface area contributed by atoms with Gasteiger partial charge in [-0.2, -0.15) is 0 Å². The molecule has 1 saturated heterocycles. The van der Waals surface area contributed by atoms with Crippen LogP contribution in [-0.4, -0.2) is 106 Å². The van der Waals surface area contributed by atoms with E-state index in [1.165, 1.54) is 11.3 Å². The second-order valence-corrected chi connectivity index (χ2v) is 15.3. The average molecular weight is 849 g/mol. The molecular weight excluding hydrogens is 798 g/mol. The van der Waals surface area contributed by atoms with Crippen molar-refractivity contribution in [2.45, 2.75) is 88.6 Å². The van der Waals surface area contributed by atoms with E-state index in [1.807, 2.05) is 18.2 Å². The maximum Gasteiger partial charge on any atom is 0.268 e. The lowest BCUT2D eigenvalue weighted by molar-refractivity contribution is -0.131. The van der Waals surface area contributed by atoms with Crippen molar-refractivity contribution in [1.29, 1.82) is 0 Å². The fourth-order valence-corrected chi connectivity index (χ4v) is 7.66. The standard InChI is InChI=1S/C34H50BrN13O6S/c35-18-9-10-24-20(14-18)27-28(55-24)32(54)47-25(46-27)17-48-16-19(49)15-23(48)31(53)41-11-3-1-2-8-26(50)44-22(7-5-13-43-34(39)40)30(52)45-21(29(36)51)6-4-12-42-33(37)38/h9-10,14,19,21-23,49H,1-8,11-13,15-17H2,(H2,36,51)(H,41,53)(H,44,50)(H,45,52)(H4,37,38,42)(H4,39,40,43)(H,46,47,54). The van der Waals surface area contributed by atoms with Gasteiger partial charge in [0.05, 0.1) is 24.2 Å². The molecule has 0 bridgehead atoms. The molecule has 0 spiro atoms. The number of benzene rings is 1. The zero-order valence-corrected chi connectivity index (χ0v) is 32.8. The average Bonchev–Trinajstić information content (AvgIpc) is 3.67. The normalized spacial score (nSPS) is 16.7.